The number of carbonyl (C=O) groups is 1. The lowest BCUT2D eigenvalue weighted by Gasteiger charge is -2.22. The van der Waals surface area contributed by atoms with Crippen molar-refractivity contribution in [1.82, 2.24) is 9.47 Å². The molecular weight excluding hydrogens is 242 g/mol. The van der Waals surface area contributed by atoms with Gasteiger partial charge in [0.15, 0.2) is 6.54 Å². The quantitative estimate of drug-likeness (QED) is 0.658. The van der Waals surface area contributed by atoms with E-state index in [-0.39, 0.29) is 5.91 Å². The zero-order valence-electron chi connectivity index (χ0n) is 11.8. The summed E-state index contributed by atoms with van der Waals surface area (Å²) >= 11 is 0. The van der Waals surface area contributed by atoms with E-state index in [2.05, 4.69) is 10.6 Å². The third-order valence-corrected chi connectivity index (χ3v) is 3.54. The van der Waals surface area contributed by atoms with Gasteiger partial charge in [0.05, 0.1) is 19.7 Å². The van der Waals surface area contributed by atoms with Gasteiger partial charge in [-0.25, -0.2) is 0 Å². The Morgan fingerprint density at radius 1 is 1.58 bits per heavy atom. The van der Waals surface area contributed by atoms with Crippen LogP contribution in [0.15, 0.2) is 18.3 Å². The fraction of sp³-hybridized carbons (Fsp3) is 0.643. The first-order chi connectivity index (χ1) is 9.22. The van der Waals surface area contributed by atoms with E-state index in [1.807, 2.05) is 29.5 Å². The van der Waals surface area contributed by atoms with Crippen LogP contribution in [0.2, 0.25) is 0 Å². The fourth-order valence-corrected chi connectivity index (χ4v) is 2.19. The van der Waals surface area contributed by atoms with Crippen molar-refractivity contribution in [2.24, 2.45) is 7.05 Å². The summed E-state index contributed by atoms with van der Waals surface area (Å²) in [6.07, 6.45) is 4.32. The largest absolute Gasteiger partial charge is 0.379 e. The summed E-state index contributed by atoms with van der Waals surface area (Å²) < 4.78 is 7.07. The van der Waals surface area contributed by atoms with Crippen LogP contribution in [0.5, 0.6) is 0 Å². The first-order valence-corrected chi connectivity index (χ1v) is 6.92. The van der Waals surface area contributed by atoms with E-state index >= 15 is 0 Å². The monoisotopic (exact) mass is 266 g/mol. The van der Waals surface area contributed by atoms with Crippen molar-refractivity contribution in [3.8, 4) is 0 Å². The maximum atomic E-state index is 12.3. The number of carbonyl (C=O) groups excluding carboxylic acids is 1. The highest BCUT2D eigenvalue weighted by molar-refractivity contribution is 5.77. The molecule has 2 N–H and O–H groups in total. The van der Waals surface area contributed by atoms with Crippen molar-refractivity contribution in [3.63, 3.8) is 0 Å². The molecule has 1 amide bonds. The Balaban J connectivity index is 1.85. The van der Waals surface area contributed by atoms with E-state index < -0.39 is 0 Å². The highest BCUT2D eigenvalue weighted by Gasteiger charge is 2.33. The Hall–Kier alpha value is -1.33. The number of nitrogens with zero attached hydrogens (tertiary/aromatic N) is 2. The van der Waals surface area contributed by atoms with Gasteiger partial charge >= 0.3 is 0 Å². The molecule has 5 heteroatoms. The van der Waals surface area contributed by atoms with Gasteiger partial charge in [0.1, 0.15) is 0 Å². The van der Waals surface area contributed by atoms with Gasteiger partial charge in [-0.05, 0) is 25.0 Å². The number of hydrogen-bond acceptors (Lipinski definition) is 2. The molecule has 19 heavy (non-hydrogen) atoms. The smallest absolute Gasteiger partial charge is 0.278 e. The van der Waals surface area contributed by atoms with Gasteiger partial charge in [-0.3, -0.25) is 4.79 Å². The summed E-state index contributed by atoms with van der Waals surface area (Å²) in [5, 5.41) is 2.02. The van der Waals surface area contributed by atoms with Crippen molar-refractivity contribution < 1.29 is 14.8 Å². The Morgan fingerprint density at radius 3 is 2.95 bits per heavy atom. The molecule has 5 nitrogen and oxygen atoms in total. The van der Waals surface area contributed by atoms with Crippen molar-refractivity contribution in [3.05, 3.63) is 24.0 Å². The standard InChI is InChI=1S/C14H23N3O2/c1-16-8-3-4-13(16)11-17(12-5-6-12)14(18)10-15-7-9-19-2/h3-4,8,12,15H,5-7,9-11H2,1-2H3/p+1. The van der Waals surface area contributed by atoms with E-state index in [9.17, 15) is 4.79 Å². The van der Waals surface area contributed by atoms with Crippen LogP contribution in [0.25, 0.3) is 0 Å². The summed E-state index contributed by atoms with van der Waals surface area (Å²) in [4.78, 5) is 14.3. The van der Waals surface area contributed by atoms with E-state index in [1.165, 1.54) is 5.69 Å². The molecule has 1 aliphatic carbocycles. The summed E-state index contributed by atoms with van der Waals surface area (Å²) in [7, 11) is 3.71. The van der Waals surface area contributed by atoms with E-state index in [0.717, 1.165) is 25.9 Å². The topological polar surface area (TPSA) is 51.1 Å². The number of rotatable bonds is 8. The lowest BCUT2D eigenvalue weighted by Crippen LogP contribution is -2.87. The average Bonchev–Trinajstić information content (AvgIpc) is 3.16. The number of quaternary nitrogens is 1. The summed E-state index contributed by atoms with van der Waals surface area (Å²) in [5.74, 6) is 0.236. The van der Waals surface area contributed by atoms with Crippen LogP contribution in [0, 0.1) is 0 Å². The Morgan fingerprint density at radius 2 is 2.37 bits per heavy atom. The maximum Gasteiger partial charge on any atom is 0.278 e. The van der Waals surface area contributed by atoms with E-state index in [1.54, 1.807) is 7.11 Å². The predicted molar refractivity (Wildman–Crippen MR) is 72.5 cm³/mol. The van der Waals surface area contributed by atoms with Crippen LogP contribution in [-0.4, -0.2) is 48.2 Å². The van der Waals surface area contributed by atoms with Gasteiger partial charge in [0.25, 0.3) is 5.91 Å². The van der Waals surface area contributed by atoms with Crippen molar-refractivity contribution in [1.29, 1.82) is 0 Å². The second-order valence-electron chi connectivity index (χ2n) is 5.14. The molecule has 1 saturated carbocycles. The molecule has 0 aliphatic heterocycles. The minimum atomic E-state index is 0.236. The zero-order valence-corrected chi connectivity index (χ0v) is 11.8. The van der Waals surface area contributed by atoms with Crippen LogP contribution in [0.3, 0.4) is 0 Å². The molecule has 0 radical (unpaired) electrons. The minimum absolute atomic E-state index is 0.236. The zero-order chi connectivity index (χ0) is 13.7. The Bertz CT molecular complexity index is 413. The molecule has 106 valence electrons. The molecule has 0 spiro atoms. The van der Waals surface area contributed by atoms with Gasteiger partial charge in [0.2, 0.25) is 0 Å². The van der Waals surface area contributed by atoms with E-state index in [4.69, 9.17) is 4.74 Å². The number of methoxy groups -OCH3 is 1. The molecule has 0 saturated heterocycles. The average molecular weight is 266 g/mol. The van der Waals surface area contributed by atoms with Crippen LogP contribution in [-0.2, 0) is 23.1 Å². The minimum Gasteiger partial charge on any atom is -0.379 e. The molecule has 0 bridgehead atoms. The Kier molecular flexibility index (Phi) is 4.99. The molecule has 1 aromatic rings. The number of aromatic nitrogens is 1. The number of ether oxygens (including phenoxy) is 1. The van der Waals surface area contributed by atoms with Crippen molar-refractivity contribution >= 4 is 5.91 Å². The lowest BCUT2D eigenvalue weighted by molar-refractivity contribution is -0.646. The molecule has 2 rings (SSSR count). The predicted octanol–water partition coefficient (Wildman–Crippen LogP) is -0.274. The summed E-state index contributed by atoms with van der Waals surface area (Å²) in [5.41, 5.74) is 1.19. The van der Waals surface area contributed by atoms with Crippen molar-refractivity contribution in [2.45, 2.75) is 25.4 Å². The first-order valence-electron chi connectivity index (χ1n) is 6.92. The molecular formula is C14H24N3O2+. The van der Waals surface area contributed by atoms with Gasteiger partial charge in [-0.1, -0.05) is 0 Å². The Labute approximate surface area is 114 Å². The van der Waals surface area contributed by atoms with E-state index in [0.29, 0.717) is 19.2 Å². The number of aryl methyl sites for hydroxylation is 1. The molecule has 0 aromatic carbocycles. The molecule has 1 heterocycles. The molecule has 1 aromatic heterocycles. The van der Waals surface area contributed by atoms with Gasteiger partial charge < -0.3 is 19.5 Å². The fourth-order valence-electron chi connectivity index (χ4n) is 2.19. The van der Waals surface area contributed by atoms with Gasteiger partial charge in [-0.2, -0.15) is 0 Å². The third kappa shape index (κ3) is 4.08. The van der Waals surface area contributed by atoms with Gasteiger partial charge in [0, 0.05) is 32.1 Å². The molecule has 1 aliphatic rings. The number of nitrogens with two attached hydrogens (primary N) is 1. The van der Waals surface area contributed by atoms with Crippen LogP contribution < -0.4 is 5.32 Å². The van der Waals surface area contributed by atoms with Crippen LogP contribution in [0.4, 0.5) is 0 Å². The lowest BCUT2D eigenvalue weighted by atomic mass is 10.3. The normalized spacial score (nSPS) is 14.6. The summed E-state index contributed by atoms with van der Waals surface area (Å²) in [6, 6.07) is 4.56. The SMILES string of the molecule is COCC[NH2+]CC(=O)N(Cc1cccn1C)C1CC1. The van der Waals surface area contributed by atoms with Gasteiger partial charge in [-0.15, -0.1) is 0 Å². The third-order valence-electron chi connectivity index (χ3n) is 3.54. The van der Waals surface area contributed by atoms with Crippen molar-refractivity contribution in [2.75, 3.05) is 26.8 Å². The first kappa shape index (κ1) is 14.1. The highest BCUT2D eigenvalue weighted by Crippen LogP contribution is 2.28. The van der Waals surface area contributed by atoms with Crippen LogP contribution in [0.1, 0.15) is 18.5 Å². The molecule has 1 fully saturated rings. The second kappa shape index (κ2) is 6.73. The van der Waals surface area contributed by atoms with Crippen LogP contribution >= 0.6 is 0 Å². The maximum absolute atomic E-state index is 12.3. The number of amides is 1. The molecule has 0 atom stereocenters. The molecule has 0 unspecified atom stereocenters. The highest BCUT2D eigenvalue weighted by atomic mass is 16.5. The summed E-state index contributed by atoms with van der Waals surface area (Å²) in [6.45, 7) is 2.77. The second-order valence-corrected chi connectivity index (χ2v) is 5.14. The number of hydrogen-bond donors (Lipinski definition) is 1.